The highest BCUT2D eigenvalue weighted by molar-refractivity contribution is 6.39. The number of nitro groups is 1. The van der Waals surface area contributed by atoms with Crippen LogP contribution in [0.1, 0.15) is 18.1 Å². The van der Waals surface area contributed by atoms with E-state index in [-0.39, 0.29) is 35.1 Å². The topological polar surface area (TPSA) is 145 Å². The van der Waals surface area contributed by atoms with E-state index in [1.165, 1.54) is 78.9 Å². The smallest absolute Gasteiger partial charge is 0.336 e. The maximum absolute atomic E-state index is 13.1. The maximum Gasteiger partial charge on any atom is 0.336 e. The van der Waals surface area contributed by atoms with Crippen molar-refractivity contribution in [3.8, 4) is 11.5 Å². The molecule has 3 aromatic carbocycles. The lowest BCUT2D eigenvalue weighted by Crippen LogP contribution is -2.54. The van der Waals surface area contributed by atoms with E-state index in [1.807, 2.05) is 0 Å². The van der Waals surface area contributed by atoms with Crippen molar-refractivity contribution < 1.29 is 33.6 Å². The van der Waals surface area contributed by atoms with Gasteiger partial charge in [0.15, 0.2) is 11.5 Å². The Kier molecular flexibility index (Phi) is 8.36. The van der Waals surface area contributed by atoms with E-state index in [2.05, 4.69) is 5.32 Å². The molecule has 0 radical (unpaired) electrons. The first-order valence-corrected chi connectivity index (χ1v) is 12.1. The molecule has 11 nitrogen and oxygen atoms in total. The van der Waals surface area contributed by atoms with Crippen LogP contribution in [0.25, 0.3) is 12.2 Å². The van der Waals surface area contributed by atoms with Gasteiger partial charge in [0, 0.05) is 23.2 Å². The highest BCUT2D eigenvalue weighted by Crippen LogP contribution is 2.31. The lowest BCUT2D eigenvalue weighted by Gasteiger charge is -2.26. The van der Waals surface area contributed by atoms with Gasteiger partial charge in [0.05, 0.1) is 17.2 Å². The Balaban J connectivity index is 1.55. The van der Waals surface area contributed by atoms with Gasteiger partial charge in [0.2, 0.25) is 0 Å². The van der Waals surface area contributed by atoms with Crippen molar-refractivity contribution >= 4 is 58.9 Å². The Bertz CT molecular complexity index is 1560. The number of benzene rings is 3. The minimum absolute atomic E-state index is 0.0761. The van der Waals surface area contributed by atoms with Crippen LogP contribution >= 0.6 is 11.6 Å². The van der Waals surface area contributed by atoms with Crippen molar-refractivity contribution in [2.24, 2.45) is 0 Å². The second kappa shape index (κ2) is 12.0. The van der Waals surface area contributed by atoms with Gasteiger partial charge in [-0.15, -0.1) is 0 Å². The van der Waals surface area contributed by atoms with Gasteiger partial charge in [-0.1, -0.05) is 17.7 Å². The molecule has 1 heterocycles. The summed E-state index contributed by atoms with van der Waals surface area (Å²) in [7, 11) is 0. The van der Waals surface area contributed by atoms with Gasteiger partial charge in [-0.05, 0) is 78.7 Å². The Morgan fingerprint density at radius 1 is 1.00 bits per heavy atom. The van der Waals surface area contributed by atoms with E-state index in [0.29, 0.717) is 16.1 Å². The van der Waals surface area contributed by atoms with Gasteiger partial charge < -0.3 is 9.47 Å². The zero-order chi connectivity index (χ0) is 28.8. The number of nitro benzene ring substituents is 1. The average molecular weight is 562 g/mol. The predicted molar refractivity (Wildman–Crippen MR) is 146 cm³/mol. The molecular formula is C28H20ClN3O8. The molecule has 1 aliphatic rings. The summed E-state index contributed by atoms with van der Waals surface area (Å²) in [6.45, 7) is 1.94. The summed E-state index contributed by atoms with van der Waals surface area (Å²) in [5, 5.41) is 13.3. The molecule has 12 heteroatoms. The SMILES string of the molecule is CCOc1cc(/C=C2\C(=O)NC(=O)N(c3ccc(Cl)cc3)C2=O)ccc1OC(=O)/C=C/c1ccc([N+](=O)[O-])cc1. The molecule has 0 saturated carbocycles. The van der Waals surface area contributed by atoms with Crippen molar-refractivity contribution in [3.05, 3.63) is 105 Å². The summed E-state index contributed by atoms with van der Waals surface area (Å²) in [6, 6.07) is 15.1. The number of nitrogens with one attached hydrogen (secondary N) is 1. The van der Waals surface area contributed by atoms with Crippen molar-refractivity contribution in [1.82, 2.24) is 5.32 Å². The van der Waals surface area contributed by atoms with Crippen LogP contribution in [0, 0.1) is 10.1 Å². The van der Waals surface area contributed by atoms with Crippen LogP contribution in [0.4, 0.5) is 16.2 Å². The number of barbiturate groups is 1. The summed E-state index contributed by atoms with van der Waals surface area (Å²) < 4.78 is 11.0. The normalized spacial score (nSPS) is 14.4. The lowest BCUT2D eigenvalue weighted by molar-refractivity contribution is -0.384. The number of nitrogens with zero attached hydrogens (tertiary/aromatic N) is 2. The van der Waals surface area contributed by atoms with Crippen molar-refractivity contribution in [3.63, 3.8) is 0 Å². The highest BCUT2D eigenvalue weighted by Gasteiger charge is 2.36. The zero-order valence-electron chi connectivity index (χ0n) is 20.8. The number of rotatable bonds is 8. The van der Waals surface area contributed by atoms with Gasteiger partial charge in [0.1, 0.15) is 5.57 Å². The molecule has 1 fully saturated rings. The number of carbonyl (C=O) groups is 4. The number of ether oxygens (including phenoxy) is 2. The average Bonchev–Trinajstić information content (AvgIpc) is 2.92. The van der Waals surface area contributed by atoms with E-state index < -0.39 is 28.7 Å². The first-order valence-electron chi connectivity index (χ1n) is 11.7. The van der Waals surface area contributed by atoms with E-state index in [4.69, 9.17) is 21.1 Å². The molecule has 0 aromatic heterocycles. The second-order valence-electron chi connectivity index (χ2n) is 8.18. The van der Waals surface area contributed by atoms with Crippen molar-refractivity contribution in [1.29, 1.82) is 0 Å². The molecule has 202 valence electrons. The predicted octanol–water partition coefficient (Wildman–Crippen LogP) is 4.93. The zero-order valence-corrected chi connectivity index (χ0v) is 21.6. The molecule has 3 aromatic rings. The first-order chi connectivity index (χ1) is 19.2. The molecule has 0 bridgehead atoms. The molecular weight excluding hydrogens is 542 g/mol. The molecule has 0 atom stereocenters. The van der Waals surface area contributed by atoms with Crippen LogP contribution in [0.2, 0.25) is 5.02 Å². The number of hydrogen-bond donors (Lipinski definition) is 1. The molecule has 0 unspecified atom stereocenters. The van der Waals surface area contributed by atoms with Gasteiger partial charge in [-0.25, -0.2) is 14.5 Å². The first kappa shape index (κ1) is 27.7. The molecule has 0 spiro atoms. The van der Waals surface area contributed by atoms with Gasteiger partial charge in [-0.3, -0.25) is 25.0 Å². The van der Waals surface area contributed by atoms with Gasteiger partial charge >= 0.3 is 12.0 Å². The Labute approximate surface area is 232 Å². The third kappa shape index (κ3) is 6.40. The van der Waals surface area contributed by atoms with Crippen molar-refractivity contribution in [2.75, 3.05) is 11.5 Å². The number of esters is 1. The molecule has 0 aliphatic carbocycles. The second-order valence-corrected chi connectivity index (χ2v) is 8.61. The minimum Gasteiger partial charge on any atom is -0.490 e. The molecule has 1 saturated heterocycles. The lowest BCUT2D eigenvalue weighted by atomic mass is 10.1. The molecule has 4 rings (SSSR count). The highest BCUT2D eigenvalue weighted by atomic mass is 35.5. The Morgan fingerprint density at radius 3 is 2.33 bits per heavy atom. The van der Waals surface area contributed by atoms with Crippen molar-refractivity contribution in [2.45, 2.75) is 6.92 Å². The van der Waals surface area contributed by atoms with E-state index in [1.54, 1.807) is 6.92 Å². The summed E-state index contributed by atoms with van der Waals surface area (Å²) in [5.41, 5.74) is 0.773. The molecule has 1 N–H and O–H groups in total. The van der Waals surface area contributed by atoms with Crippen LogP contribution in [0.15, 0.2) is 78.4 Å². The number of amides is 4. The standard InChI is InChI=1S/C28H20ClN3O8/c1-2-39-24-16-18(5-13-23(24)40-25(33)14-6-17-3-9-21(10-4-17)32(37)38)15-22-26(34)30-28(36)31(27(22)35)20-11-7-19(29)8-12-20/h3-16H,2H2,1H3,(H,30,34,36)/b14-6+,22-15+. The number of hydrogen-bond acceptors (Lipinski definition) is 8. The van der Waals surface area contributed by atoms with E-state index in [9.17, 15) is 29.3 Å². The fourth-order valence-corrected chi connectivity index (χ4v) is 3.76. The van der Waals surface area contributed by atoms with Gasteiger partial charge in [0.25, 0.3) is 17.5 Å². The largest absolute Gasteiger partial charge is 0.490 e. The Morgan fingerprint density at radius 2 is 1.68 bits per heavy atom. The number of carbonyl (C=O) groups excluding carboxylic acids is 4. The fourth-order valence-electron chi connectivity index (χ4n) is 3.63. The van der Waals surface area contributed by atoms with Crippen LogP contribution in [0.5, 0.6) is 11.5 Å². The van der Waals surface area contributed by atoms with Crippen LogP contribution in [-0.2, 0) is 14.4 Å². The monoisotopic (exact) mass is 561 g/mol. The third-order valence-corrected chi connectivity index (χ3v) is 5.74. The van der Waals surface area contributed by atoms with E-state index >= 15 is 0 Å². The number of urea groups is 1. The summed E-state index contributed by atoms with van der Waals surface area (Å²) in [5.74, 6) is -2.18. The number of halogens is 1. The van der Waals surface area contributed by atoms with Gasteiger partial charge in [-0.2, -0.15) is 0 Å². The summed E-state index contributed by atoms with van der Waals surface area (Å²) in [4.78, 5) is 61.5. The van der Waals surface area contributed by atoms with Crippen LogP contribution in [-0.4, -0.2) is 35.3 Å². The molecule has 1 aliphatic heterocycles. The number of non-ortho nitro benzene ring substituents is 1. The third-order valence-electron chi connectivity index (χ3n) is 5.49. The minimum atomic E-state index is -0.895. The van der Waals surface area contributed by atoms with E-state index in [0.717, 1.165) is 11.0 Å². The van der Waals surface area contributed by atoms with Crippen LogP contribution < -0.4 is 19.7 Å². The summed E-state index contributed by atoms with van der Waals surface area (Å²) >= 11 is 5.89. The molecule has 4 amide bonds. The quantitative estimate of drug-likeness (QED) is 0.102. The molecule has 40 heavy (non-hydrogen) atoms. The van der Waals surface area contributed by atoms with Crippen LogP contribution in [0.3, 0.4) is 0 Å². The summed E-state index contributed by atoms with van der Waals surface area (Å²) in [6.07, 6.45) is 3.88. The Hall–Kier alpha value is -5.29. The number of imide groups is 2. The maximum atomic E-state index is 13.1. The fraction of sp³-hybridized carbons (Fsp3) is 0.0714. The number of anilines is 1.